The van der Waals surface area contributed by atoms with Gasteiger partial charge in [0, 0.05) is 0 Å². The second-order valence-electron chi connectivity index (χ2n) is 9.37. The van der Waals surface area contributed by atoms with Crippen LogP contribution in [0, 0.1) is 5.41 Å². The number of anilines is 1. The van der Waals surface area contributed by atoms with Crippen molar-refractivity contribution >= 4 is 35.1 Å². The molecule has 27 heteroatoms. The van der Waals surface area contributed by atoms with Crippen LogP contribution in [-0.2, 0) is 46.3 Å². The van der Waals surface area contributed by atoms with Crippen LogP contribution in [0.5, 0.6) is 0 Å². The van der Waals surface area contributed by atoms with Gasteiger partial charge in [0.05, 0.1) is 19.5 Å². The molecule has 0 saturated carbocycles. The molecular formula is C16H26N5O19P3. The van der Waals surface area contributed by atoms with Gasteiger partial charge in [-0.2, -0.15) is 5.06 Å². The SMILES string of the molecule is N=C1c2ncn([C@@H]3O[C@H](CO)[C@H](O[C@H]4O[C@@H](CO)[C@H](OP(=O)(O)O)[C@H](OP(=O)(O)O)[C@@H]4O)[C@H]3OP(=O)(O)O)c2N[C@@H]2ON12. The lowest BCUT2D eigenvalue weighted by molar-refractivity contribution is -0.313. The number of hydroxylamine groups is 2. The summed E-state index contributed by atoms with van der Waals surface area (Å²) in [6.45, 7) is -2.03. The lowest BCUT2D eigenvalue weighted by Crippen LogP contribution is -2.61. The maximum Gasteiger partial charge on any atom is 0.470 e. The van der Waals surface area contributed by atoms with Crippen LogP contribution < -0.4 is 5.32 Å². The molecule has 0 unspecified atom stereocenters. The number of phosphoric acid groups is 3. The van der Waals surface area contributed by atoms with E-state index in [9.17, 15) is 58.4 Å². The zero-order valence-electron chi connectivity index (χ0n) is 21.1. The van der Waals surface area contributed by atoms with Crippen molar-refractivity contribution in [2.24, 2.45) is 0 Å². The normalized spacial score (nSPS) is 36.3. The first-order valence-corrected chi connectivity index (χ1v) is 16.5. The smallest absolute Gasteiger partial charge is 0.394 e. The largest absolute Gasteiger partial charge is 0.470 e. The minimum atomic E-state index is -5.52. The third-order valence-corrected chi connectivity index (χ3v) is 8.04. The van der Waals surface area contributed by atoms with E-state index in [-0.39, 0.29) is 17.3 Å². The standard InChI is InChI=1S/C16H26N5O19P3/c17-12-6-13(19-16-21(12)37-16)20(3-18-6)14-11(40-43(31,32)33)8(4(1-22)34-14)36-15-7(24)10(39-42(28,29)30)9(5(2-23)35-15)38-41(25,26)27/h3-5,7-11,14-17,19,22-24H,1-2H2,(H2,25,26,27)(H2,28,29,30)(H2,31,32,33)/t4-,5+,7+,8+,9+,10-,11-,14-,15-,16+,21?/m1/s1. The Labute approximate surface area is 238 Å². The molecule has 1 aromatic heterocycles. The van der Waals surface area contributed by atoms with Gasteiger partial charge in [0.2, 0.25) is 0 Å². The van der Waals surface area contributed by atoms with Gasteiger partial charge in [-0.05, 0) is 0 Å². The summed E-state index contributed by atoms with van der Waals surface area (Å²) in [6.07, 6.45) is -17.2. The molecule has 0 amide bonds. The van der Waals surface area contributed by atoms with Crippen LogP contribution in [0.1, 0.15) is 11.9 Å². The van der Waals surface area contributed by atoms with Crippen LogP contribution in [-0.4, -0.2) is 134 Å². The average Bonchev–Trinajstić information content (AvgIpc) is 3.43. The average molecular weight is 685 g/mol. The van der Waals surface area contributed by atoms with Crippen molar-refractivity contribution in [3.63, 3.8) is 0 Å². The fourth-order valence-electron chi connectivity index (χ4n) is 4.81. The summed E-state index contributed by atoms with van der Waals surface area (Å²) < 4.78 is 66.8. The Morgan fingerprint density at radius 1 is 0.884 bits per heavy atom. The van der Waals surface area contributed by atoms with Crippen molar-refractivity contribution in [3.05, 3.63) is 12.0 Å². The van der Waals surface area contributed by atoms with E-state index in [1.54, 1.807) is 0 Å². The number of hydrogen-bond acceptors (Lipinski definition) is 16. The van der Waals surface area contributed by atoms with Crippen LogP contribution in [0.4, 0.5) is 5.82 Å². The number of hydrogen-bond donors (Lipinski definition) is 11. The fourth-order valence-corrected chi connectivity index (χ4v) is 6.49. The molecular weight excluding hydrogens is 659 g/mol. The lowest BCUT2D eigenvalue weighted by atomic mass is 9.99. The van der Waals surface area contributed by atoms with E-state index in [0.717, 1.165) is 10.9 Å². The number of phosphoric ester groups is 3. The van der Waals surface area contributed by atoms with Gasteiger partial charge in [0.25, 0.3) is 6.35 Å². The molecule has 10 atom stereocenters. The number of amidine groups is 1. The summed E-state index contributed by atoms with van der Waals surface area (Å²) in [4.78, 5) is 65.7. The Bertz CT molecular complexity index is 1360. The summed E-state index contributed by atoms with van der Waals surface area (Å²) in [6, 6.07) is 0. The Morgan fingerprint density at radius 3 is 2.02 bits per heavy atom. The van der Waals surface area contributed by atoms with Gasteiger partial charge < -0.3 is 64.2 Å². The maximum absolute atomic E-state index is 12.0. The summed E-state index contributed by atoms with van der Waals surface area (Å²) in [5.41, 5.74) is 0.0440. The first-order valence-electron chi connectivity index (χ1n) is 11.9. The maximum atomic E-state index is 12.0. The number of aliphatic hydroxyl groups excluding tert-OH is 3. The van der Waals surface area contributed by atoms with Gasteiger partial charge in [0.15, 0.2) is 18.4 Å². The highest BCUT2D eigenvalue weighted by Crippen LogP contribution is 2.50. The van der Waals surface area contributed by atoms with Gasteiger partial charge in [0.1, 0.15) is 54.2 Å². The lowest BCUT2D eigenvalue weighted by Gasteiger charge is -2.44. The molecule has 4 aliphatic heterocycles. The van der Waals surface area contributed by atoms with E-state index in [0.29, 0.717) is 0 Å². The number of nitrogens with one attached hydrogen (secondary N) is 2. The fraction of sp³-hybridized carbons (Fsp3) is 0.750. The van der Waals surface area contributed by atoms with Crippen molar-refractivity contribution in [2.75, 3.05) is 18.5 Å². The molecule has 0 aromatic carbocycles. The second kappa shape index (κ2) is 11.7. The van der Waals surface area contributed by atoms with E-state index in [2.05, 4.69) is 19.3 Å². The predicted octanol–water partition coefficient (Wildman–Crippen LogP) is -4.05. The number of rotatable bonds is 11. The van der Waals surface area contributed by atoms with Crippen molar-refractivity contribution in [1.82, 2.24) is 14.6 Å². The summed E-state index contributed by atoms with van der Waals surface area (Å²) >= 11 is 0. The van der Waals surface area contributed by atoms with Gasteiger partial charge in [-0.25, -0.2) is 23.5 Å². The molecule has 0 spiro atoms. The Hall–Kier alpha value is -1.47. The zero-order chi connectivity index (χ0) is 31.6. The van der Waals surface area contributed by atoms with Gasteiger partial charge in [-0.3, -0.25) is 23.5 Å². The Kier molecular flexibility index (Phi) is 8.97. The molecule has 5 heterocycles. The Balaban J connectivity index is 1.47. The minimum absolute atomic E-state index is 0.0440. The molecule has 43 heavy (non-hydrogen) atoms. The number of imidazole rings is 1. The molecule has 3 saturated heterocycles. The highest BCUT2D eigenvalue weighted by atomic mass is 31.2. The number of nitrogens with zero attached hydrogens (tertiary/aromatic N) is 3. The van der Waals surface area contributed by atoms with Crippen LogP contribution in [0.3, 0.4) is 0 Å². The molecule has 11 N–H and O–H groups in total. The molecule has 1 aromatic rings. The number of aromatic nitrogens is 2. The Morgan fingerprint density at radius 2 is 1.44 bits per heavy atom. The molecule has 5 rings (SSSR count). The van der Waals surface area contributed by atoms with Crippen LogP contribution in [0.15, 0.2) is 6.33 Å². The van der Waals surface area contributed by atoms with Crippen molar-refractivity contribution in [1.29, 1.82) is 5.41 Å². The van der Waals surface area contributed by atoms with Crippen LogP contribution in [0.25, 0.3) is 0 Å². The van der Waals surface area contributed by atoms with Crippen LogP contribution >= 0.6 is 23.5 Å². The number of aliphatic hydroxyl groups is 3. The second-order valence-corrected chi connectivity index (χ2v) is 12.9. The van der Waals surface area contributed by atoms with E-state index in [4.69, 9.17) is 29.0 Å². The van der Waals surface area contributed by atoms with Gasteiger partial charge in [-0.15, -0.1) is 0 Å². The quantitative estimate of drug-likeness (QED) is 0.0779. The first-order chi connectivity index (χ1) is 19.9. The highest BCUT2D eigenvalue weighted by Gasteiger charge is 2.57. The van der Waals surface area contributed by atoms with E-state index >= 15 is 0 Å². The molecule has 4 aliphatic rings. The molecule has 24 nitrogen and oxygen atoms in total. The van der Waals surface area contributed by atoms with Crippen molar-refractivity contribution in [3.8, 4) is 0 Å². The predicted molar refractivity (Wildman–Crippen MR) is 128 cm³/mol. The van der Waals surface area contributed by atoms with E-state index in [1.807, 2.05) is 0 Å². The van der Waals surface area contributed by atoms with Crippen molar-refractivity contribution < 1.29 is 91.0 Å². The number of ether oxygens (including phenoxy) is 3. The minimum Gasteiger partial charge on any atom is -0.394 e. The molecule has 244 valence electrons. The molecule has 0 radical (unpaired) electrons. The third-order valence-electron chi connectivity index (χ3n) is 6.48. The number of fused-ring (bicyclic) bond motifs is 2. The topological polar surface area (TPSA) is 358 Å². The summed E-state index contributed by atoms with van der Waals surface area (Å²) in [5.74, 6) is -0.0707. The first kappa shape index (κ1) is 32.9. The van der Waals surface area contributed by atoms with Gasteiger partial charge >= 0.3 is 23.5 Å². The third kappa shape index (κ3) is 7.03. The molecule has 3 fully saturated rings. The zero-order valence-corrected chi connectivity index (χ0v) is 23.7. The molecule has 0 bridgehead atoms. The van der Waals surface area contributed by atoms with Gasteiger partial charge in [-0.1, -0.05) is 0 Å². The van der Waals surface area contributed by atoms with Crippen LogP contribution in [0.2, 0.25) is 0 Å². The monoisotopic (exact) mass is 685 g/mol. The summed E-state index contributed by atoms with van der Waals surface area (Å²) in [5, 5.41) is 42.8. The highest BCUT2D eigenvalue weighted by molar-refractivity contribution is 7.46. The van der Waals surface area contributed by atoms with Crippen molar-refractivity contribution in [2.45, 2.75) is 61.6 Å². The van der Waals surface area contributed by atoms with E-state index < -0.39 is 98.3 Å². The molecule has 0 aliphatic carbocycles. The summed E-state index contributed by atoms with van der Waals surface area (Å²) in [7, 11) is -16.3. The van der Waals surface area contributed by atoms with E-state index in [1.165, 1.54) is 5.06 Å².